The predicted molar refractivity (Wildman–Crippen MR) is 54.2 cm³/mol. The van der Waals surface area contributed by atoms with Crippen molar-refractivity contribution in [2.24, 2.45) is 5.41 Å². The van der Waals surface area contributed by atoms with Crippen molar-refractivity contribution in [3.05, 3.63) is 17.0 Å². The second-order valence-corrected chi connectivity index (χ2v) is 5.25. The van der Waals surface area contributed by atoms with E-state index in [1.807, 2.05) is 0 Å². The van der Waals surface area contributed by atoms with Crippen molar-refractivity contribution in [1.29, 1.82) is 0 Å². The van der Waals surface area contributed by atoms with E-state index in [1.54, 1.807) is 0 Å². The molecule has 2 aliphatic carbocycles. The Bertz CT molecular complexity index is 583. The summed E-state index contributed by atoms with van der Waals surface area (Å²) in [6, 6.07) is 0. The van der Waals surface area contributed by atoms with Crippen LogP contribution in [0.4, 0.5) is 17.6 Å². The summed E-state index contributed by atoms with van der Waals surface area (Å²) in [6.07, 6.45) is -2.85. The van der Waals surface area contributed by atoms with Crippen molar-refractivity contribution in [3.63, 3.8) is 0 Å². The Morgan fingerprint density at radius 1 is 1.58 bits per heavy atom. The van der Waals surface area contributed by atoms with Crippen LogP contribution >= 0.6 is 0 Å². The Morgan fingerprint density at radius 3 is 2.74 bits per heavy atom. The number of aromatic nitrogens is 2. The zero-order chi connectivity index (χ0) is 14.2. The molecule has 104 valence electrons. The second-order valence-electron chi connectivity index (χ2n) is 5.25. The quantitative estimate of drug-likeness (QED) is 0.864. The first-order valence-corrected chi connectivity index (χ1v) is 5.69. The molecule has 0 aliphatic heterocycles. The first kappa shape index (κ1) is 12.4. The van der Waals surface area contributed by atoms with Crippen LogP contribution in [0.5, 0.6) is 0 Å². The molecule has 8 heteroatoms. The topological polar surface area (TPSA) is 55.1 Å². The summed E-state index contributed by atoms with van der Waals surface area (Å²) in [4.78, 5) is 10.6. The van der Waals surface area contributed by atoms with E-state index in [2.05, 4.69) is 5.10 Å². The Morgan fingerprint density at radius 2 is 2.21 bits per heavy atom. The van der Waals surface area contributed by atoms with Gasteiger partial charge in [0.15, 0.2) is 0 Å². The summed E-state index contributed by atoms with van der Waals surface area (Å²) >= 11 is 0. The number of carbonyl (C=O) groups is 1. The van der Waals surface area contributed by atoms with Crippen LogP contribution in [0.25, 0.3) is 0 Å². The molecule has 2 atom stereocenters. The molecule has 1 aromatic rings. The fourth-order valence-electron chi connectivity index (χ4n) is 2.98. The summed E-state index contributed by atoms with van der Waals surface area (Å²) in [5.74, 6) is -5.36. The smallest absolute Gasteiger partial charge is 0.325 e. The van der Waals surface area contributed by atoms with Gasteiger partial charge in [-0.25, -0.2) is 8.78 Å². The van der Waals surface area contributed by atoms with Crippen molar-refractivity contribution in [3.8, 4) is 0 Å². The number of nitrogens with zero attached hydrogens (tertiary/aromatic N) is 2. The molecule has 1 N–H and O–H groups in total. The number of rotatable bonds is 3. The highest BCUT2D eigenvalue weighted by molar-refractivity contribution is 5.67. The number of halogens is 4. The lowest BCUT2D eigenvalue weighted by molar-refractivity contribution is -0.138. The molecule has 4 nitrogen and oxygen atoms in total. The average Bonchev–Trinajstić information content (AvgIpc) is 2.75. The SMILES string of the molecule is CC12C[C@@H]1c1c(C(F)F)nn(CC(=O)O)c1C2(F)F. The molecule has 1 fully saturated rings. The van der Waals surface area contributed by atoms with E-state index in [-0.39, 0.29) is 12.0 Å². The third-order valence-electron chi connectivity index (χ3n) is 4.11. The summed E-state index contributed by atoms with van der Waals surface area (Å²) < 4.78 is 54.7. The molecule has 1 saturated carbocycles. The van der Waals surface area contributed by atoms with Gasteiger partial charge < -0.3 is 5.11 Å². The Balaban J connectivity index is 2.20. The van der Waals surface area contributed by atoms with Gasteiger partial charge in [-0.1, -0.05) is 6.92 Å². The lowest BCUT2D eigenvalue weighted by Gasteiger charge is -2.20. The average molecular weight is 278 g/mol. The fourth-order valence-corrected chi connectivity index (χ4v) is 2.98. The molecule has 1 heterocycles. The largest absolute Gasteiger partial charge is 0.480 e. The number of hydrogen-bond acceptors (Lipinski definition) is 2. The predicted octanol–water partition coefficient (Wildman–Crippen LogP) is 2.50. The molecule has 3 rings (SSSR count). The zero-order valence-corrected chi connectivity index (χ0v) is 9.83. The molecule has 0 aromatic carbocycles. The van der Waals surface area contributed by atoms with Crippen LogP contribution in [0, 0.1) is 5.41 Å². The van der Waals surface area contributed by atoms with Gasteiger partial charge in [0.25, 0.3) is 12.3 Å². The van der Waals surface area contributed by atoms with Gasteiger partial charge >= 0.3 is 5.97 Å². The van der Waals surface area contributed by atoms with Gasteiger partial charge in [0.05, 0.1) is 0 Å². The van der Waals surface area contributed by atoms with Gasteiger partial charge in [0, 0.05) is 16.9 Å². The summed E-state index contributed by atoms with van der Waals surface area (Å²) in [6.45, 7) is 0.492. The van der Waals surface area contributed by atoms with E-state index in [1.165, 1.54) is 6.92 Å². The second kappa shape index (κ2) is 3.29. The van der Waals surface area contributed by atoms with Crippen molar-refractivity contribution in [1.82, 2.24) is 9.78 Å². The number of hydrogen-bond donors (Lipinski definition) is 1. The van der Waals surface area contributed by atoms with E-state index in [4.69, 9.17) is 5.11 Å². The Labute approximate surface area is 105 Å². The monoisotopic (exact) mass is 278 g/mol. The van der Waals surface area contributed by atoms with Crippen molar-refractivity contribution in [2.75, 3.05) is 0 Å². The molecule has 1 aromatic heterocycles. The minimum absolute atomic E-state index is 0.130. The molecule has 0 bridgehead atoms. The third-order valence-corrected chi connectivity index (χ3v) is 4.11. The van der Waals surface area contributed by atoms with Crippen LogP contribution in [0.3, 0.4) is 0 Å². The third kappa shape index (κ3) is 1.34. The number of alkyl halides is 4. The molecular weight excluding hydrogens is 268 g/mol. The maximum atomic E-state index is 14.2. The van der Waals surface area contributed by atoms with Crippen LogP contribution in [0.2, 0.25) is 0 Å². The molecule has 0 amide bonds. The van der Waals surface area contributed by atoms with Crippen LogP contribution < -0.4 is 0 Å². The van der Waals surface area contributed by atoms with E-state index in [9.17, 15) is 22.4 Å². The van der Waals surface area contributed by atoms with Crippen molar-refractivity contribution < 1.29 is 27.5 Å². The first-order chi connectivity index (χ1) is 8.70. The van der Waals surface area contributed by atoms with E-state index >= 15 is 0 Å². The van der Waals surface area contributed by atoms with Gasteiger partial charge in [-0.15, -0.1) is 0 Å². The minimum atomic E-state index is -3.32. The van der Waals surface area contributed by atoms with Crippen LogP contribution in [-0.4, -0.2) is 20.9 Å². The summed E-state index contributed by atoms with van der Waals surface area (Å²) in [7, 11) is 0. The molecule has 2 aliphatic rings. The maximum Gasteiger partial charge on any atom is 0.325 e. The zero-order valence-electron chi connectivity index (χ0n) is 9.83. The summed E-state index contributed by atoms with van der Waals surface area (Å²) in [5, 5.41) is 12.0. The maximum absolute atomic E-state index is 14.2. The Kier molecular flexibility index (Phi) is 2.15. The minimum Gasteiger partial charge on any atom is -0.480 e. The number of carboxylic acid groups (broad SMARTS) is 1. The van der Waals surface area contributed by atoms with Gasteiger partial charge in [-0.2, -0.15) is 13.9 Å². The fraction of sp³-hybridized carbons (Fsp3) is 0.636. The molecule has 19 heavy (non-hydrogen) atoms. The van der Waals surface area contributed by atoms with Gasteiger partial charge in [0.2, 0.25) is 0 Å². The number of aliphatic carboxylic acids is 1. The lowest BCUT2D eigenvalue weighted by atomic mass is 10.0. The van der Waals surface area contributed by atoms with Crippen LogP contribution in [-0.2, 0) is 17.3 Å². The van der Waals surface area contributed by atoms with Crippen molar-refractivity contribution in [2.45, 2.75) is 38.2 Å². The lowest BCUT2D eigenvalue weighted by Crippen LogP contribution is -2.27. The van der Waals surface area contributed by atoms with Crippen LogP contribution in [0.1, 0.15) is 42.6 Å². The standard InChI is InChI=1S/C11H10F4N2O2/c1-10-2-4(10)6-7(9(12)13)16-17(3-5(18)19)8(6)11(10,14)15/h4,9H,2-3H2,1H3,(H,18,19)/t4-,10?/m1/s1. The molecular formula is C11H10F4N2O2. The highest BCUT2D eigenvalue weighted by Gasteiger charge is 2.75. The molecule has 0 saturated heterocycles. The number of fused-ring (bicyclic) bond motifs is 3. The van der Waals surface area contributed by atoms with E-state index in [0.29, 0.717) is 4.68 Å². The van der Waals surface area contributed by atoms with Crippen molar-refractivity contribution >= 4 is 5.97 Å². The first-order valence-electron chi connectivity index (χ1n) is 5.69. The molecule has 1 unspecified atom stereocenters. The van der Waals surface area contributed by atoms with Gasteiger partial charge in [0.1, 0.15) is 17.9 Å². The molecule has 0 spiro atoms. The van der Waals surface area contributed by atoms with E-state index in [0.717, 1.165) is 0 Å². The Hall–Kier alpha value is -1.60. The molecule has 0 radical (unpaired) electrons. The number of carboxylic acids is 1. The summed E-state index contributed by atoms with van der Waals surface area (Å²) in [5.41, 5.74) is -2.88. The van der Waals surface area contributed by atoms with Gasteiger partial charge in [-0.05, 0) is 6.42 Å². The van der Waals surface area contributed by atoms with E-state index < -0.39 is 47.6 Å². The van der Waals surface area contributed by atoms with Crippen LogP contribution in [0.15, 0.2) is 0 Å². The van der Waals surface area contributed by atoms with Gasteiger partial charge in [-0.3, -0.25) is 9.48 Å². The normalized spacial score (nSPS) is 30.3. The highest BCUT2D eigenvalue weighted by atomic mass is 19.3. The highest BCUT2D eigenvalue weighted by Crippen LogP contribution is 2.76.